The Bertz CT molecular complexity index is 158. The third kappa shape index (κ3) is 3.78. The van der Waals surface area contributed by atoms with Crippen molar-refractivity contribution in [2.45, 2.75) is 17.8 Å². The van der Waals surface area contributed by atoms with E-state index in [9.17, 15) is 4.79 Å². The van der Waals surface area contributed by atoms with Crippen LogP contribution in [0.2, 0.25) is 5.32 Å². The third-order valence-electron chi connectivity index (χ3n) is 1.31. The van der Waals surface area contributed by atoms with Gasteiger partial charge in [0.1, 0.15) is 0 Å². The van der Waals surface area contributed by atoms with Crippen LogP contribution < -0.4 is 10.1 Å². The molecule has 0 aromatic heterocycles. The van der Waals surface area contributed by atoms with Crippen LogP contribution in [-0.4, -0.2) is 44.1 Å². The SMILES string of the molecule is CC(CS)(N[Se]CCN)C(=O)O. The molecule has 1 unspecified atom stereocenters. The van der Waals surface area contributed by atoms with E-state index in [0.717, 1.165) is 5.32 Å². The quantitative estimate of drug-likeness (QED) is 0.290. The number of rotatable bonds is 6. The first-order valence-electron chi connectivity index (χ1n) is 3.50. The zero-order valence-corrected chi connectivity index (χ0v) is 9.52. The van der Waals surface area contributed by atoms with Crippen LogP contribution in [0.4, 0.5) is 0 Å². The van der Waals surface area contributed by atoms with Crippen molar-refractivity contribution in [3.8, 4) is 0 Å². The fourth-order valence-corrected chi connectivity index (χ4v) is 2.33. The van der Waals surface area contributed by atoms with Gasteiger partial charge in [-0.15, -0.1) is 0 Å². The molecule has 0 radical (unpaired) electrons. The van der Waals surface area contributed by atoms with Gasteiger partial charge in [0.2, 0.25) is 0 Å². The summed E-state index contributed by atoms with van der Waals surface area (Å²) in [5.41, 5.74) is 4.38. The Hall–Kier alpha value is 0.259. The molecule has 0 rings (SSSR count). The molecule has 0 amide bonds. The first kappa shape index (κ1) is 12.3. The molecule has 0 fully saturated rings. The van der Waals surface area contributed by atoms with Crippen molar-refractivity contribution in [2.75, 3.05) is 12.3 Å². The maximum absolute atomic E-state index is 10.7. The number of carboxylic acids is 1. The zero-order valence-electron chi connectivity index (χ0n) is 6.91. The summed E-state index contributed by atoms with van der Waals surface area (Å²) in [6, 6.07) is 0. The molecule has 4 N–H and O–H groups in total. The average Bonchev–Trinajstić information content (AvgIpc) is 2.04. The monoisotopic (exact) mass is 258 g/mol. The first-order chi connectivity index (χ1) is 5.56. The maximum atomic E-state index is 10.7. The van der Waals surface area contributed by atoms with E-state index in [1.165, 1.54) is 0 Å². The van der Waals surface area contributed by atoms with Crippen molar-refractivity contribution in [3.05, 3.63) is 0 Å². The minimum absolute atomic E-state index is 0.0879. The van der Waals surface area contributed by atoms with E-state index in [4.69, 9.17) is 10.8 Å². The Morgan fingerprint density at radius 1 is 1.83 bits per heavy atom. The van der Waals surface area contributed by atoms with Crippen LogP contribution in [0.1, 0.15) is 6.92 Å². The molecule has 0 aromatic rings. The molecule has 0 aromatic carbocycles. The van der Waals surface area contributed by atoms with Gasteiger partial charge in [0.05, 0.1) is 0 Å². The molecule has 0 bridgehead atoms. The summed E-state index contributed by atoms with van der Waals surface area (Å²) in [6.07, 6.45) is 0. The van der Waals surface area contributed by atoms with E-state index in [1.807, 2.05) is 0 Å². The molecule has 1 atom stereocenters. The molecule has 0 spiro atoms. The third-order valence-corrected chi connectivity index (χ3v) is 4.11. The summed E-state index contributed by atoms with van der Waals surface area (Å²) in [6.45, 7) is 2.22. The van der Waals surface area contributed by atoms with Gasteiger partial charge in [-0.05, 0) is 0 Å². The second kappa shape index (κ2) is 5.83. The molecule has 0 saturated heterocycles. The number of hydrogen-bond donors (Lipinski definition) is 4. The van der Waals surface area contributed by atoms with Crippen LogP contribution in [0.3, 0.4) is 0 Å². The number of nitrogens with one attached hydrogen (secondary N) is 1. The summed E-state index contributed by atoms with van der Waals surface area (Å²) >= 11 is 4.07. The van der Waals surface area contributed by atoms with E-state index >= 15 is 0 Å². The molecule has 0 aliphatic carbocycles. The summed E-state index contributed by atoms with van der Waals surface area (Å²) in [5, 5.41) is 9.64. The molecule has 0 aliphatic heterocycles. The van der Waals surface area contributed by atoms with Crippen molar-refractivity contribution in [3.63, 3.8) is 0 Å². The Labute approximate surface area is 84.1 Å². The molecule has 12 heavy (non-hydrogen) atoms. The van der Waals surface area contributed by atoms with Crippen molar-refractivity contribution in [1.82, 2.24) is 4.33 Å². The fraction of sp³-hybridized carbons (Fsp3) is 0.833. The van der Waals surface area contributed by atoms with Crippen LogP contribution in [0.25, 0.3) is 0 Å². The molecule has 0 saturated carbocycles. The number of thiol groups is 1. The number of hydrogen-bond acceptors (Lipinski definition) is 4. The van der Waals surface area contributed by atoms with Gasteiger partial charge in [0, 0.05) is 0 Å². The van der Waals surface area contributed by atoms with Crippen molar-refractivity contribution in [1.29, 1.82) is 0 Å². The molecular formula is C6H14N2O2SSe. The summed E-state index contributed by atoms with van der Waals surface area (Å²) < 4.78 is 2.95. The van der Waals surface area contributed by atoms with Gasteiger partial charge in [-0.3, -0.25) is 0 Å². The fourth-order valence-electron chi connectivity index (χ4n) is 0.413. The van der Waals surface area contributed by atoms with Gasteiger partial charge >= 0.3 is 83.8 Å². The van der Waals surface area contributed by atoms with Gasteiger partial charge in [-0.2, -0.15) is 0 Å². The second-order valence-electron chi connectivity index (χ2n) is 2.53. The number of carbonyl (C=O) groups is 1. The Morgan fingerprint density at radius 3 is 2.75 bits per heavy atom. The minimum atomic E-state index is -0.904. The standard InChI is InChI=1S/C6H14N2O2SSe/c1-6(4-11,5(9)10)8-12-3-2-7/h8,11H,2-4,7H2,1H3,(H,9,10). The number of carboxylic acid groups (broad SMARTS) is 1. The number of aliphatic carboxylic acids is 1. The summed E-state index contributed by atoms with van der Waals surface area (Å²) in [5.74, 6) is -0.578. The average molecular weight is 257 g/mol. The predicted octanol–water partition coefficient (Wildman–Crippen LogP) is -0.655. The van der Waals surface area contributed by atoms with E-state index in [0.29, 0.717) is 6.54 Å². The van der Waals surface area contributed by atoms with Gasteiger partial charge in [-0.25, -0.2) is 0 Å². The summed E-state index contributed by atoms with van der Waals surface area (Å²) in [4.78, 5) is 10.7. The Kier molecular flexibility index (Phi) is 5.95. The van der Waals surface area contributed by atoms with Gasteiger partial charge in [0.15, 0.2) is 0 Å². The van der Waals surface area contributed by atoms with E-state index in [1.54, 1.807) is 6.92 Å². The normalized spacial score (nSPS) is 15.6. The van der Waals surface area contributed by atoms with E-state index in [-0.39, 0.29) is 20.9 Å². The molecule has 0 aliphatic rings. The predicted molar refractivity (Wildman–Crippen MR) is 52.6 cm³/mol. The number of nitrogens with two attached hydrogens (primary N) is 1. The van der Waals surface area contributed by atoms with Crippen LogP contribution in [-0.2, 0) is 4.79 Å². The van der Waals surface area contributed by atoms with Crippen LogP contribution in [0, 0.1) is 0 Å². The molecule has 0 heterocycles. The van der Waals surface area contributed by atoms with Gasteiger partial charge in [0.25, 0.3) is 0 Å². The Morgan fingerprint density at radius 2 is 2.42 bits per heavy atom. The Balaban J connectivity index is 3.88. The van der Waals surface area contributed by atoms with Crippen LogP contribution in [0.5, 0.6) is 0 Å². The van der Waals surface area contributed by atoms with Gasteiger partial charge in [-0.1, -0.05) is 0 Å². The molecule has 4 nitrogen and oxygen atoms in total. The first-order valence-corrected chi connectivity index (χ1v) is 6.20. The van der Waals surface area contributed by atoms with Crippen LogP contribution >= 0.6 is 12.6 Å². The van der Waals surface area contributed by atoms with Crippen LogP contribution in [0.15, 0.2) is 0 Å². The molecular weight excluding hydrogens is 243 g/mol. The topological polar surface area (TPSA) is 75.3 Å². The van der Waals surface area contributed by atoms with E-state index < -0.39 is 11.5 Å². The molecule has 6 heteroatoms. The van der Waals surface area contributed by atoms with Gasteiger partial charge < -0.3 is 0 Å². The van der Waals surface area contributed by atoms with Crippen molar-refractivity contribution >= 4 is 33.8 Å². The second-order valence-corrected chi connectivity index (χ2v) is 4.74. The summed E-state index contributed by atoms with van der Waals surface area (Å²) in [7, 11) is 0. The van der Waals surface area contributed by atoms with Crippen molar-refractivity contribution < 1.29 is 9.90 Å². The zero-order chi connectivity index (χ0) is 9.61. The molecule has 72 valence electrons. The van der Waals surface area contributed by atoms with Crippen molar-refractivity contribution in [2.24, 2.45) is 5.73 Å². The van der Waals surface area contributed by atoms with E-state index in [2.05, 4.69) is 17.0 Å².